The van der Waals surface area contributed by atoms with Gasteiger partial charge in [-0.2, -0.15) is 0 Å². The fourth-order valence-corrected chi connectivity index (χ4v) is 6.32. The van der Waals surface area contributed by atoms with Crippen molar-refractivity contribution >= 4 is 49.9 Å². The fraction of sp³-hybridized carbons (Fsp3) is 0.235. The lowest BCUT2D eigenvalue weighted by Crippen LogP contribution is -2.32. The molecule has 0 saturated heterocycles. The molecule has 0 aliphatic carbocycles. The quantitative estimate of drug-likeness (QED) is 0.111. The number of nitrogens with zero attached hydrogens (tertiary/aromatic N) is 1. The molecule has 44 heavy (non-hydrogen) atoms. The SMILES string of the molecule is CC(C)(C)C(=O)Nc1ccc(S(=O)(=O)c2ccc(NC(=O)c3ccccc3SC(=O)CCCC[n+]3ccccc3)cc2)cc1. The summed E-state index contributed by atoms with van der Waals surface area (Å²) in [7, 11) is -3.82. The van der Waals surface area contributed by atoms with E-state index in [9.17, 15) is 22.8 Å². The maximum atomic E-state index is 13.2. The van der Waals surface area contributed by atoms with Gasteiger partial charge in [-0.15, -0.1) is 0 Å². The van der Waals surface area contributed by atoms with E-state index < -0.39 is 21.2 Å². The summed E-state index contributed by atoms with van der Waals surface area (Å²) in [6.07, 6.45) is 6.01. The van der Waals surface area contributed by atoms with Gasteiger partial charge in [0.2, 0.25) is 15.7 Å². The van der Waals surface area contributed by atoms with E-state index in [0.717, 1.165) is 31.1 Å². The summed E-state index contributed by atoms with van der Waals surface area (Å²) in [5.74, 6) is -0.572. The topological polar surface area (TPSA) is 113 Å². The van der Waals surface area contributed by atoms with Crippen LogP contribution in [0.15, 0.2) is 118 Å². The zero-order valence-corrected chi connectivity index (χ0v) is 26.6. The van der Waals surface area contributed by atoms with Gasteiger partial charge >= 0.3 is 0 Å². The van der Waals surface area contributed by atoms with Crippen LogP contribution in [0.1, 0.15) is 50.4 Å². The first-order valence-corrected chi connectivity index (χ1v) is 16.6. The summed E-state index contributed by atoms with van der Waals surface area (Å²) in [5, 5.41) is 5.56. The van der Waals surface area contributed by atoms with Crippen molar-refractivity contribution in [2.75, 3.05) is 10.6 Å². The van der Waals surface area contributed by atoms with Crippen molar-refractivity contribution in [2.24, 2.45) is 5.41 Å². The second-order valence-electron chi connectivity index (χ2n) is 11.3. The third kappa shape index (κ3) is 8.87. The number of unbranched alkanes of at least 4 members (excludes halogenated alkanes) is 1. The number of nitrogens with one attached hydrogen (secondary N) is 2. The molecule has 2 amide bonds. The smallest absolute Gasteiger partial charge is 0.256 e. The van der Waals surface area contributed by atoms with Crippen molar-refractivity contribution < 1.29 is 27.4 Å². The van der Waals surface area contributed by atoms with Gasteiger partial charge in [0, 0.05) is 46.7 Å². The van der Waals surface area contributed by atoms with E-state index in [4.69, 9.17) is 0 Å². The molecule has 0 radical (unpaired) electrons. The maximum absolute atomic E-state index is 13.2. The zero-order valence-electron chi connectivity index (χ0n) is 24.9. The molecule has 0 saturated carbocycles. The third-order valence-corrected chi connectivity index (χ3v) is 9.50. The highest BCUT2D eigenvalue weighted by Gasteiger charge is 2.22. The molecule has 10 heteroatoms. The molecule has 2 N–H and O–H groups in total. The molecule has 0 aliphatic heterocycles. The maximum Gasteiger partial charge on any atom is 0.256 e. The fourth-order valence-electron chi connectivity index (χ4n) is 4.15. The van der Waals surface area contributed by atoms with E-state index in [0.29, 0.717) is 28.3 Å². The van der Waals surface area contributed by atoms with Gasteiger partial charge in [-0.3, -0.25) is 14.4 Å². The minimum atomic E-state index is -3.82. The van der Waals surface area contributed by atoms with Crippen molar-refractivity contribution in [3.63, 3.8) is 0 Å². The molecule has 0 unspecified atom stereocenters. The number of benzene rings is 3. The Morgan fingerprint density at radius 2 is 1.30 bits per heavy atom. The number of aromatic nitrogens is 1. The summed E-state index contributed by atoms with van der Waals surface area (Å²) in [5.41, 5.74) is 0.700. The van der Waals surface area contributed by atoms with Gasteiger partial charge in [-0.25, -0.2) is 13.0 Å². The highest BCUT2D eigenvalue weighted by atomic mass is 32.2. The lowest BCUT2D eigenvalue weighted by atomic mass is 9.95. The normalized spacial score (nSPS) is 11.5. The third-order valence-electron chi connectivity index (χ3n) is 6.71. The number of rotatable bonds is 11. The number of amides is 2. The minimum absolute atomic E-state index is 0.0116. The molecule has 0 aliphatic rings. The lowest BCUT2D eigenvalue weighted by Gasteiger charge is -2.17. The molecule has 0 fully saturated rings. The van der Waals surface area contributed by atoms with Gasteiger partial charge in [0.25, 0.3) is 5.91 Å². The van der Waals surface area contributed by atoms with Gasteiger partial charge in [-0.1, -0.05) is 50.7 Å². The van der Waals surface area contributed by atoms with E-state index in [1.807, 2.05) is 30.6 Å². The monoisotopic (exact) mass is 630 g/mol. The van der Waals surface area contributed by atoms with Crippen LogP contribution in [0.5, 0.6) is 0 Å². The Bertz CT molecular complexity index is 1720. The molecule has 1 heterocycles. The molecule has 0 atom stereocenters. The van der Waals surface area contributed by atoms with Crippen molar-refractivity contribution in [3.8, 4) is 0 Å². The Morgan fingerprint density at radius 1 is 0.727 bits per heavy atom. The standard InChI is InChI=1S/C34H35N3O5S2/c1-34(2,3)33(40)36-26-16-20-28(21-17-26)44(41,42)27-18-14-25(15-19-27)35-32(39)29-11-5-6-12-30(29)43-31(38)13-7-10-24-37-22-8-4-9-23-37/h4-6,8-9,11-12,14-23H,7,10,13,24H2,1-3H3,(H-,35,36,39,40)/p+1. The summed E-state index contributed by atoms with van der Waals surface area (Å²) < 4.78 is 28.4. The Morgan fingerprint density at radius 3 is 1.89 bits per heavy atom. The van der Waals surface area contributed by atoms with Crippen LogP contribution >= 0.6 is 11.8 Å². The average Bonchev–Trinajstić information content (AvgIpc) is 3.00. The van der Waals surface area contributed by atoms with E-state index in [1.54, 1.807) is 57.2 Å². The lowest BCUT2D eigenvalue weighted by molar-refractivity contribution is -0.697. The number of pyridine rings is 1. The molecule has 4 aromatic rings. The highest BCUT2D eigenvalue weighted by Crippen LogP contribution is 2.28. The molecule has 228 valence electrons. The first kappa shape index (κ1) is 32.6. The first-order valence-electron chi connectivity index (χ1n) is 14.3. The minimum Gasteiger partial charge on any atom is -0.326 e. The van der Waals surface area contributed by atoms with Gasteiger partial charge in [-0.05, 0) is 67.1 Å². The van der Waals surface area contributed by atoms with E-state index >= 15 is 0 Å². The van der Waals surface area contributed by atoms with Gasteiger partial charge in [0.1, 0.15) is 6.54 Å². The van der Waals surface area contributed by atoms with Crippen LogP contribution in [0.4, 0.5) is 11.4 Å². The molecular formula is C34H36N3O5S2+. The molecule has 4 rings (SSSR count). The van der Waals surface area contributed by atoms with Crippen LogP contribution in [0, 0.1) is 5.41 Å². The molecule has 0 bridgehead atoms. The van der Waals surface area contributed by atoms with E-state index in [2.05, 4.69) is 15.2 Å². The van der Waals surface area contributed by atoms with Crippen LogP contribution < -0.4 is 15.2 Å². The van der Waals surface area contributed by atoms with Gasteiger partial charge in [0.05, 0.1) is 15.4 Å². The van der Waals surface area contributed by atoms with Gasteiger partial charge < -0.3 is 10.6 Å². The predicted octanol–water partition coefficient (Wildman–Crippen LogP) is 6.53. The number of hydrogen-bond acceptors (Lipinski definition) is 6. The number of sulfone groups is 1. The average molecular weight is 631 g/mol. The van der Waals surface area contributed by atoms with E-state index in [1.165, 1.54) is 36.4 Å². The number of carbonyl (C=O) groups is 3. The molecule has 1 aromatic heterocycles. The molecule has 3 aromatic carbocycles. The van der Waals surface area contributed by atoms with Crippen LogP contribution in [-0.2, 0) is 26.0 Å². The second-order valence-corrected chi connectivity index (χ2v) is 14.3. The van der Waals surface area contributed by atoms with Crippen molar-refractivity contribution in [1.82, 2.24) is 0 Å². The van der Waals surface area contributed by atoms with Crippen LogP contribution in [0.25, 0.3) is 0 Å². The first-order chi connectivity index (χ1) is 20.9. The Balaban J connectivity index is 1.35. The molecule has 0 spiro atoms. The van der Waals surface area contributed by atoms with Crippen LogP contribution in [-0.4, -0.2) is 25.3 Å². The molecular weight excluding hydrogens is 595 g/mol. The van der Waals surface area contributed by atoms with Crippen molar-refractivity contribution in [1.29, 1.82) is 0 Å². The van der Waals surface area contributed by atoms with Crippen molar-refractivity contribution in [3.05, 3.63) is 109 Å². The summed E-state index contributed by atoms with van der Waals surface area (Å²) in [6.45, 7) is 6.21. The number of thioether (sulfide) groups is 1. The van der Waals surface area contributed by atoms with E-state index in [-0.39, 0.29) is 20.8 Å². The van der Waals surface area contributed by atoms with Crippen molar-refractivity contribution in [2.45, 2.75) is 61.3 Å². The zero-order chi connectivity index (χ0) is 31.7. The highest BCUT2D eigenvalue weighted by molar-refractivity contribution is 8.13. The number of aryl methyl sites for hydroxylation is 1. The Kier molecular flexibility index (Phi) is 10.7. The number of anilines is 2. The summed E-state index contributed by atoms with van der Waals surface area (Å²) >= 11 is 1.05. The second kappa shape index (κ2) is 14.5. The number of hydrogen-bond donors (Lipinski definition) is 2. The Hall–Kier alpha value is -4.28. The van der Waals surface area contributed by atoms with Gasteiger partial charge in [0.15, 0.2) is 17.5 Å². The van der Waals surface area contributed by atoms with Crippen LogP contribution in [0.2, 0.25) is 0 Å². The molecule has 8 nitrogen and oxygen atoms in total. The predicted molar refractivity (Wildman–Crippen MR) is 172 cm³/mol. The summed E-state index contributed by atoms with van der Waals surface area (Å²) in [6, 6.07) is 24.7. The largest absolute Gasteiger partial charge is 0.326 e. The van der Waals surface area contributed by atoms with Crippen LogP contribution in [0.3, 0.4) is 0 Å². The summed E-state index contributed by atoms with van der Waals surface area (Å²) in [4.78, 5) is 38.7. The number of carbonyl (C=O) groups excluding carboxylic acids is 3. The Labute approximate surface area is 262 Å².